The summed E-state index contributed by atoms with van der Waals surface area (Å²) in [6, 6.07) is 11.1. The predicted molar refractivity (Wildman–Crippen MR) is 75.8 cm³/mol. The Morgan fingerprint density at radius 1 is 1.14 bits per heavy atom. The average molecular weight is 311 g/mol. The van der Waals surface area contributed by atoms with Crippen LogP contribution in [0.25, 0.3) is 0 Å². The third kappa shape index (κ3) is 2.87. The van der Waals surface area contributed by atoms with E-state index < -0.39 is 12.5 Å². The van der Waals surface area contributed by atoms with E-state index in [0.29, 0.717) is 22.8 Å². The van der Waals surface area contributed by atoms with Crippen LogP contribution < -0.4 is 4.74 Å². The minimum Gasteiger partial charge on any atom is -0.485 e. The van der Waals surface area contributed by atoms with Gasteiger partial charge in [0.05, 0.1) is 6.10 Å². The van der Waals surface area contributed by atoms with Crippen LogP contribution in [0.3, 0.4) is 0 Å². The van der Waals surface area contributed by atoms with Crippen molar-refractivity contribution >= 4 is 11.6 Å². The van der Waals surface area contributed by atoms with E-state index in [1.807, 2.05) is 0 Å². The van der Waals surface area contributed by atoms with Crippen LogP contribution in [0.1, 0.15) is 41.7 Å². The van der Waals surface area contributed by atoms with E-state index in [1.54, 1.807) is 30.3 Å². The molecule has 2 nitrogen and oxygen atoms in total. The van der Waals surface area contributed by atoms with Crippen LogP contribution in [0.4, 0.5) is 8.78 Å². The van der Waals surface area contributed by atoms with Gasteiger partial charge in [0.1, 0.15) is 11.9 Å². The Bertz CT molecular complexity index is 643. The maximum absolute atomic E-state index is 12.6. The van der Waals surface area contributed by atoms with E-state index in [4.69, 9.17) is 16.3 Å². The lowest BCUT2D eigenvalue weighted by Crippen LogP contribution is -2.19. The Morgan fingerprint density at radius 2 is 1.86 bits per heavy atom. The topological polar surface area (TPSA) is 29.5 Å². The molecule has 0 radical (unpaired) electrons. The fourth-order valence-electron chi connectivity index (χ4n) is 2.48. The fourth-order valence-corrected chi connectivity index (χ4v) is 2.66. The molecule has 2 unspecified atom stereocenters. The molecule has 0 fully saturated rings. The number of benzene rings is 2. The van der Waals surface area contributed by atoms with Gasteiger partial charge in [0, 0.05) is 22.6 Å². The molecule has 1 N–H and O–H groups in total. The van der Waals surface area contributed by atoms with Gasteiger partial charge in [-0.1, -0.05) is 35.9 Å². The first kappa shape index (κ1) is 14.3. The molecule has 0 aromatic heterocycles. The van der Waals surface area contributed by atoms with Crippen molar-refractivity contribution in [2.24, 2.45) is 0 Å². The van der Waals surface area contributed by atoms with Crippen molar-refractivity contribution in [2.45, 2.75) is 25.1 Å². The molecule has 1 heterocycles. The van der Waals surface area contributed by atoms with E-state index in [9.17, 15) is 13.9 Å². The van der Waals surface area contributed by atoms with E-state index in [-0.39, 0.29) is 11.7 Å². The Balaban J connectivity index is 1.86. The molecular formula is C16H13ClF2O2. The van der Waals surface area contributed by atoms with Gasteiger partial charge in [-0.2, -0.15) is 0 Å². The lowest BCUT2D eigenvalue weighted by molar-refractivity contribution is 0.0657. The van der Waals surface area contributed by atoms with Crippen molar-refractivity contribution in [2.75, 3.05) is 0 Å². The molecule has 2 atom stereocenters. The zero-order valence-electron chi connectivity index (χ0n) is 11.0. The summed E-state index contributed by atoms with van der Waals surface area (Å²) in [5, 5.41) is 10.7. The SMILES string of the molecule is OC1CC(c2ccc(C(F)F)cc2)Oc2ccc(Cl)cc21. The highest BCUT2D eigenvalue weighted by Crippen LogP contribution is 2.41. The van der Waals surface area contributed by atoms with Crippen LogP contribution >= 0.6 is 11.6 Å². The van der Waals surface area contributed by atoms with Gasteiger partial charge >= 0.3 is 0 Å². The summed E-state index contributed by atoms with van der Waals surface area (Å²) in [6.45, 7) is 0. The van der Waals surface area contributed by atoms with Crippen LogP contribution in [0.15, 0.2) is 42.5 Å². The van der Waals surface area contributed by atoms with Crippen molar-refractivity contribution in [3.63, 3.8) is 0 Å². The summed E-state index contributed by atoms with van der Waals surface area (Å²) in [4.78, 5) is 0. The molecule has 0 saturated carbocycles. The quantitative estimate of drug-likeness (QED) is 0.860. The first-order valence-corrected chi connectivity index (χ1v) is 6.94. The lowest BCUT2D eigenvalue weighted by atomic mass is 9.94. The van der Waals surface area contributed by atoms with E-state index in [0.717, 1.165) is 5.56 Å². The van der Waals surface area contributed by atoms with Gasteiger partial charge in [-0.25, -0.2) is 8.78 Å². The summed E-state index contributed by atoms with van der Waals surface area (Å²) in [5.74, 6) is 0.570. The van der Waals surface area contributed by atoms with Crippen LogP contribution in [0, 0.1) is 0 Å². The van der Waals surface area contributed by atoms with Crippen LogP contribution in [-0.2, 0) is 0 Å². The normalized spacial score (nSPS) is 21.0. The summed E-state index contributed by atoms with van der Waals surface area (Å²) in [6.07, 6.45) is -3.17. The number of ether oxygens (including phenoxy) is 1. The van der Waals surface area contributed by atoms with Crippen molar-refractivity contribution in [1.82, 2.24) is 0 Å². The van der Waals surface area contributed by atoms with Crippen molar-refractivity contribution in [3.05, 3.63) is 64.2 Å². The molecule has 21 heavy (non-hydrogen) atoms. The van der Waals surface area contributed by atoms with Gasteiger partial charge < -0.3 is 9.84 Å². The highest BCUT2D eigenvalue weighted by molar-refractivity contribution is 6.30. The summed E-state index contributed by atoms with van der Waals surface area (Å²) in [5.41, 5.74) is 1.39. The second-order valence-electron chi connectivity index (χ2n) is 5.01. The minimum atomic E-state index is -2.49. The van der Waals surface area contributed by atoms with Crippen molar-refractivity contribution < 1.29 is 18.6 Å². The Morgan fingerprint density at radius 3 is 2.52 bits per heavy atom. The molecule has 5 heteroatoms. The number of fused-ring (bicyclic) bond motifs is 1. The number of rotatable bonds is 2. The smallest absolute Gasteiger partial charge is 0.263 e. The van der Waals surface area contributed by atoms with Gasteiger partial charge in [-0.3, -0.25) is 0 Å². The molecule has 0 saturated heterocycles. The van der Waals surface area contributed by atoms with Crippen LogP contribution in [0.2, 0.25) is 5.02 Å². The Labute approximate surface area is 125 Å². The summed E-state index contributed by atoms with van der Waals surface area (Å²) in [7, 11) is 0. The molecule has 0 bridgehead atoms. The first-order valence-electron chi connectivity index (χ1n) is 6.57. The van der Waals surface area contributed by atoms with E-state index >= 15 is 0 Å². The zero-order valence-corrected chi connectivity index (χ0v) is 11.7. The van der Waals surface area contributed by atoms with Crippen molar-refractivity contribution in [3.8, 4) is 5.75 Å². The average Bonchev–Trinajstić information content (AvgIpc) is 2.48. The Kier molecular flexibility index (Phi) is 3.83. The lowest BCUT2D eigenvalue weighted by Gasteiger charge is -2.30. The first-order chi connectivity index (χ1) is 10.0. The minimum absolute atomic E-state index is 0.0257. The van der Waals surface area contributed by atoms with Gasteiger partial charge in [0.25, 0.3) is 6.43 Å². The highest BCUT2D eigenvalue weighted by atomic mass is 35.5. The number of hydrogen-bond acceptors (Lipinski definition) is 2. The zero-order chi connectivity index (χ0) is 15.0. The largest absolute Gasteiger partial charge is 0.485 e. The van der Waals surface area contributed by atoms with E-state index in [2.05, 4.69) is 0 Å². The molecule has 2 aromatic carbocycles. The third-order valence-corrected chi connectivity index (χ3v) is 3.83. The second kappa shape index (κ2) is 5.62. The van der Waals surface area contributed by atoms with Gasteiger partial charge in [-0.05, 0) is 23.8 Å². The van der Waals surface area contributed by atoms with Gasteiger partial charge in [0.2, 0.25) is 0 Å². The van der Waals surface area contributed by atoms with Gasteiger partial charge in [0.15, 0.2) is 0 Å². The second-order valence-corrected chi connectivity index (χ2v) is 5.44. The third-order valence-electron chi connectivity index (χ3n) is 3.60. The van der Waals surface area contributed by atoms with Crippen molar-refractivity contribution in [1.29, 1.82) is 0 Å². The number of alkyl halides is 2. The molecule has 1 aliphatic rings. The number of aliphatic hydroxyl groups is 1. The molecule has 3 rings (SSSR count). The molecule has 0 aliphatic carbocycles. The number of aliphatic hydroxyl groups excluding tert-OH is 1. The van der Waals surface area contributed by atoms with Crippen LogP contribution in [-0.4, -0.2) is 5.11 Å². The standard InChI is InChI=1S/C16H13ClF2O2/c17-11-5-6-14-12(7-11)13(20)8-15(21-14)9-1-3-10(4-2-9)16(18)19/h1-7,13,15-16,20H,8H2. The highest BCUT2D eigenvalue weighted by Gasteiger charge is 2.28. The predicted octanol–water partition coefficient (Wildman–Crippen LogP) is 4.83. The summed E-state index contributed by atoms with van der Waals surface area (Å²) >= 11 is 5.90. The monoisotopic (exact) mass is 310 g/mol. The summed E-state index contributed by atoms with van der Waals surface area (Å²) < 4.78 is 30.9. The maximum atomic E-state index is 12.6. The number of halogens is 3. The number of hydrogen-bond donors (Lipinski definition) is 1. The van der Waals surface area contributed by atoms with Gasteiger partial charge in [-0.15, -0.1) is 0 Å². The molecule has 0 spiro atoms. The Hall–Kier alpha value is -1.65. The molecular weight excluding hydrogens is 298 g/mol. The maximum Gasteiger partial charge on any atom is 0.263 e. The molecule has 2 aromatic rings. The fraction of sp³-hybridized carbons (Fsp3) is 0.250. The van der Waals surface area contributed by atoms with E-state index in [1.165, 1.54) is 12.1 Å². The molecule has 110 valence electrons. The van der Waals surface area contributed by atoms with Crippen LogP contribution in [0.5, 0.6) is 5.75 Å². The molecule has 1 aliphatic heterocycles. The molecule has 0 amide bonds.